The van der Waals surface area contributed by atoms with Gasteiger partial charge in [-0.25, -0.2) is 8.42 Å². The van der Waals surface area contributed by atoms with Crippen LogP contribution >= 0.6 is 11.6 Å². The molecule has 13 heteroatoms. The van der Waals surface area contributed by atoms with Crippen LogP contribution in [-0.2, 0) is 32.6 Å². The molecule has 0 radical (unpaired) electrons. The molecular weight excluding hydrogens is 680 g/mol. The predicted molar refractivity (Wildman–Crippen MR) is 192 cm³/mol. The van der Waals surface area contributed by atoms with Gasteiger partial charge in [0.2, 0.25) is 11.8 Å². The number of benzene rings is 4. The van der Waals surface area contributed by atoms with Crippen molar-refractivity contribution in [2.24, 2.45) is 0 Å². The molecule has 1 aliphatic carbocycles. The van der Waals surface area contributed by atoms with Crippen molar-refractivity contribution in [3.63, 3.8) is 0 Å². The molecule has 11 nitrogen and oxygen atoms in total. The molecule has 262 valence electrons. The van der Waals surface area contributed by atoms with Gasteiger partial charge >= 0.3 is 0 Å². The number of halogens is 1. The molecule has 0 aliphatic heterocycles. The molecule has 1 fully saturated rings. The van der Waals surface area contributed by atoms with Gasteiger partial charge in [0.05, 0.1) is 22.6 Å². The fourth-order valence-electron chi connectivity index (χ4n) is 6.15. The van der Waals surface area contributed by atoms with Gasteiger partial charge in [-0.05, 0) is 55.2 Å². The number of nitrogens with one attached hydrogen (secondary N) is 1. The van der Waals surface area contributed by atoms with E-state index in [0.29, 0.717) is 0 Å². The summed E-state index contributed by atoms with van der Waals surface area (Å²) in [7, 11) is -3.31. The van der Waals surface area contributed by atoms with E-state index in [1.54, 1.807) is 0 Å². The number of amides is 2. The molecule has 5 rings (SSSR count). The molecule has 50 heavy (non-hydrogen) atoms. The van der Waals surface area contributed by atoms with Crippen LogP contribution in [0.4, 0.5) is 11.4 Å². The molecule has 2 amide bonds. The topological polar surface area (TPSA) is 139 Å². The van der Waals surface area contributed by atoms with Crippen LogP contribution in [0.1, 0.15) is 42.4 Å². The van der Waals surface area contributed by atoms with Gasteiger partial charge in [-0.15, -0.1) is 0 Å². The Morgan fingerprint density at radius 1 is 0.960 bits per heavy atom. The molecule has 0 unspecified atom stereocenters. The Labute approximate surface area is 297 Å². The second kappa shape index (κ2) is 16.2. The Bertz CT molecular complexity index is 1940. The summed E-state index contributed by atoms with van der Waals surface area (Å²) >= 11 is 6.36. The molecule has 1 aliphatic rings. The fourth-order valence-corrected chi connectivity index (χ4v) is 7.75. The molecule has 0 saturated heterocycles. The number of sulfonamides is 1. The number of hydrogen-bond acceptors (Lipinski definition) is 7. The molecule has 0 spiro atoms. The minimum atomic E-state index is -4.66. The van der Waals surface area contributed by atoms with Crippen molar-refractivity contribution >= 4 is 44.8 Å². The summed E-state index contributed by atoms with van der Waals surface area (Å²) in [6.07, 6.45) is 3.83. The van der Waals surface area contributed by atoms with Gasteiger partial charge in [0, 0.05) is 35.7 Å². The van der Waals surface area contributed by atoms with Crippen LogP contribution in [0.25, 0.3) is 0 Å². The van der Waals surface area contributed by atoms with Crippen LogP contribution in [0.15, 0.2) is 102 Å². The van der Waals surface area contributed by atoms with Crippen LogP contribution in [0.5, 0.6) is 5.75 Å². The van der Waals surface area contributed by atoms with Gasteiger partial charge in [0.25, 0.3) is 15.7 Å². The maximum absolute atomic E-state index is 14.8. The fraction of sp³-hybridized carbons (Fsp3) is 0.297. The Morgan fingerprint density at radius 3 is 2.22 bits per heavy atom. The second-order valence-electron chi connectivity index (χ2n) is 12.2. The Kier molecular flexibility index (Phi) is 11.8. The summed E-state index contributed by atoms with van der Waals surface area (Å²) in [6, 6.07) is 25.3. The van der Waals surface area contributed by atoms with Crippen molar-refractivity contribution < 1.29 is 27.7 Å². The summed E-state index contributed by atoms with van der Waals surface area (Å²) < 4.78 is 35.3. The van der Waals surface area contributed by atoms with E-state index in [1.807, 2.05) is 60.7 Å². The molecule has 0 heterocycles. The highest BCUT2D eigenvalue weighted by Gasteiger charge is 2.37. The first kappa shape index (κ1) is 36.3. The highest BCUT2D eigenvalue weighted by Crippen LogP contribution is 2.36. The number of nitro benzene ring substituents is 1. The van der Waals surface area contributed by atoms with Gasteiger partial charge < -0.3 is 15.0 Å². The molecule has 4 aromatic carbocycles. The SMILES string of the molecule is COc1ccc(Cl)cc1N(CC(=O)N(Cc1ccccc1)[C@H](Cc1ccccc1)C(=O)NC1CCCC1)S(=O)(=O)c1ccc(C)c([N+](=O)[O-])c1. The second-order valence-corrected chi connectivity index (χ2v) is 14.5. The van der Waals surface area contributed by atoms with Crippen molar-refractivity contribution in [1.82, 2.24) is 10.2 Å². The van der Waals surface area contributed by atoms with E-state index in [0.717, 1.165) is 47.2 Å². The molecular formula is C37H39ClN4O7S. The van der Waals surface area contributed by atoms with Crippen LogP contribution < -0.4 is 14.4 Å². The molecule has 1 saturated carbocycles. The van der Waals surface area contributed by atoms with Crippen LogP contribution in [0.2, 0.25) is 5.02 Å². The van der Waals surface area contributed by atoms with Crippen molar-refractivity contribution in [3.05, 3.63) is 129 Å². The molecule has 1 N–H and O–H groups in total. The van der Waals surface area contributed by atoms with Crippen LogP contribution in [0, 0.1) is 17.0 Å². The molecule has 0 aromatic heterocycles. The van der Waals surface area contributed by atoms with E-state index >= 15 is 0 Å². The largest absolute Gasteiger partial charge is 0.495 e. The smallest absolute Gasteiger partial charge is 0.273 e. The number of carbonyl (C=O) groups is 2. The average molecular weight is 719 g/mol. The van der Waals surface area contributed by atoms with Gasteiger partial charge in [0.15, 0.2) is 0 Å². The van der Waals surface area contributed by atoms with Gasteiger partial charge in [-0.1, -0.05) is 91.2 Å². The normalized spacial score (nSPS) is 13.7. The lowest BCUT2D eigenvalue weighted by atomic mass is 10.0. The number of carbonyl (C=O) groups excluding carboxylic acids is 2. The van der Waals surface area contributed by atoms with Gasteiger partial charge in [0.1, 0.15) is 18.3 Å². The van der Waals surface area contributed by atoms with E-state index in [-0.39, 0.29) is 46.9 Å². The third-order valence-corrected chi connectivity index (χ3v) is 10.8. The van der Waals surface area contributed by atoms with E-state index in [9.17, 15) is 28.1 Å². The van der Waals surface area contributed by atoms with Crippen molar-refractivity contribution in [1.29, 1.82) is 0 Å². The van der Waals surface area contributed by atoms with Crippen molar-refractivity contribution in [2.45, 2.75) is 62.6 Å². The van der Waals surface area contributed by atoms with Crippen molar-refractivity contribution in [2.75, 3.05) is 18.0 Å². The number of hydrogen-bond donors (Lipinski definition) is 1. The zero-order chi connectivity index (χ0) is 35.8. The maximum Gasteiger partial charge on any atom is 0.273 e. The lowest BCUT2D eigenvalue weighted by molar-refractivity contribution is -0.385. The molecule has 1 atom stereocenters. The lowest BCUT2D eigenvalue weighted by Gasteiger charge is -2.34. The van der Waals surface area contributed by atoms with E-state index in [4.69, 9.17) is 16.3 Å². The Hall–Kier alpha value is -4.94. The maximum atomic E-state index is 14.8. The molecule has 4 aromatic rings. The van der Waals surface area contributed by atoms with Crippen LogP contribution in [0.3, 0.4) is 0 Å². The monoisotopic (exact) mass is 718 g/mol. The van der Waals surface area contributed by atoms with Crippen LogP contribution in [-0.4, -0.2) is 55.8 Å². The third kappa shape index (κ3) is 8.61. The average Bonchev–Trinajstić information content (AvgIpc) is 3.62. The zero-order valence-corrected chi connectivity index (χ0v) is 29.4. The third-order valence-electron chi connectivity index (χ3n) is 8.82. The highest BCUT2D eigenvalue weighted by atomic mass is 35.5. The number of anilines is 1. The van der Waals surface area contributed by atoms with Crippen molar-refractivity contribution in [3.8, 4) is 5.75 Å². The number of methoxy groups -OCH3 is 1. The zero-order valence-electron chi connectivity index (χ0n) is 27.8. The minimum absolute atomic E-state index is 0.00579. The summed E-state index contributed by atoms with van der Waals surface area (Å²) in [5.41, 5.74) is 1.37. The quantitative estimate of drug-likeness (QED) is 0.117. The number of nitrogens with zero attached hydrogens (tertiary/aromatic N) is 3. The number of aryl methyl sites for hydroxylation is 1. The first-order chi connectivity index (χ1) is 24.0. The standard InChI is InChI=1S/C37H39ClN4O7S/c1-26-17-19-31(23-32(26)42(45)46)50(47,48)41(33-22-29(38)18-20-35(33)49-2)25-36(43)40(24-28-13-7-4-8-14-28)34(21-27-11-5-3-6-12-27)37(44)39-30-15-9-10-16-30/h3-8,11-14,17-20,22-23,30,34H,9-10,15-16,21,24-25H2,1-2H3,(H,39,44)/t34-/m1/s1. The lowest BCUT2D eigenvalue weighted by Crippen LogP contribution is -2.54. The summed E-state index contributed by atoms with van der Waals surface area (Å²) in [5.74, 6) is -0.917. The number of nitro groups is 1. The van der Waals surface area contributed by atoms with E-state index < -0.39 is 44.0 Å². The first-order valence-electron chi connectivity index (χ1n) is 16.3. The highest BCUT2D eigenvalue weighted by molar-refractivity contribution is 7.92. The Morgan fingerprint density at radius 2 is 1.60 bits per heavy atom. The van der Waals surface area contributed by atoms with E-state index in [1.165, 1.54) is 49.3 Å². The number of rotatable bonds is 14. The summed E-state index contributed by atoms with van der Waals surface area (Å²) in [5, 5.41) is 15.1. The summed E-state index contributed by atoms with van der Waals surface area (Å²) in [4.78, 5) is 41.0. The van der Waals surface area contributed by atoms with Gasteiger partial charge in [-0.3, -0.25) is 24.0 Å². The predicted octanol–water partition coefficient (Wildman–Crippen LogP) is 6.46. The summed E-state index contributed by atoms with van der Waals surface area (Å²) in [6.45, 7) is 0.738. The molecule has 0 bridgehead atoms. The first-order valence-corrected chi connectivity index (χ1v) is 18.1. The minimum Gasteiger partial charge on any atom is -0.495 e. The van der Waals surface area contributed by atoms with E-state index in [2.05, 4.69) is 5.32 Å². The Balaban J connectivity index is 1.62. The number of ether oxygens (including phenoxy) is 1. The van der Waals surface area contributed by atoms with Gasteiger partial charge in [-0.2, -0.15) is 0 Å².